The number of hydrogen-bond donors (Lipinski definition) is 1. The second kappa shape index (κ2) is 5.75. The molecule has 2 aliphatic heterocycles. The van der Waals surface area contributed by atoms with Gasteiger partial charge in [0.1, 0.15) is 6.04 Å². The Kier molecular flexibility index (Phi) is 3.82. The molecule has 1 amide bonds. The average Bonchev–Trinajstić information content (AvgIpc) is 2.97. The molecule has 108 valence electrons. The molecule has 3 rings (SSSR count). The van der Waals surface area contributed by atoms with Crippen molar-refractivity contribution < 1.29 is 4.79 Å². The van der Waals surface area contributed by atoms with E-state index in [0.29, 0.717) is 5.95 Å². The van der Waals surface area contributed by atoms with Gasteiger partial charge >= 0.3 is 0 Å². The van der Waals surface area contributed by atoms with E-state index < -0.39 is 0 Å². The van der Waals surface area contributed by atoms with E-state index in [1.165, 1.54) is 0 Å². The van der Waals surface area contributed by atoms with Gasteiger partial charge < -0.3 is 15.1 Å². The number of rotatable bonds is 2. The van der Waals surface area contributed by atoms with Crippen molar-refractivity contribution in [1.29, 1.82) is 0 Å². The van der Waals surface area contributed by atoms with E-state index in [9.17, 15) is 4.79 Å². The minimum absolute atomic E-state index is 0.0881. The maximum absolute atomic E-state index is 12.7. The molecule has 0 aromatic carbocycles. The lowest BCUT2D eigenvalue weighted by molar-refractivity contribution is -0.133. The predicted molar refractivity (Wildman–Crippen MR) is 76.6 cm³/mol. The first-order valence-electron chi connectivity index (χ1n) is 7.31. The maximum Gasteiger partial charge on any atom is 0.245 e. The highest BCUT2D eigenvalue weighted by Crippen LogP contribution is 2.24. The van der Waals surface area contributed by atoms with Gasteiger partial charge in [-0.2, -0.15) is 0 Å². The third kappa shape index (κ3) is 2.60. The minimum Gasteiger partial charge on any atom is -0.338 e. The number of hydrogen-bond acceptors (Lipinski definition) is 5. The van der Waals surface area contributed by atoms with Gasteiger partial charge in [-0.1, -0.05) is 0 Å². The molecule has 2 fully saturated rings. The number of amides is 1. The van der Waals surface area contributed by atoms with E-state index in [2.05, 4.69) is 20.2 Å². The molecule has 0 saturated carbocycles. The molecule has 1 N–H and O–H groups in total. The van der Waals surface area contributed by atoms with Gasteiger partial charge in [0, 0.05) is 44.6 Å². The molecule has 2 aliphatic rings. The Morgan fingerprint density at radius 3 is 2.90 bits per heavy atom. The second-order valence-electron chi connectivity index (χ2n) is 5.42. The summed E-state index contributed by atoms with van der Waals surface area (Å²) in [6, 6.07) is 1.79. The number of aryl methyl sites for hydroxylation is 1. The SMILES string of the molecule is Cc1ccnc(N2CCCC2C(=O)N2CCNCC2)n1. The van der Waals surface area contributed by atoms with Crippen LogP contribution in [0.25, 0.3) is 0 Å². The molecule has 6 heteroatoms. The number of nitrogens with one attached hydrogen (secondary N) is 1. The lowest BCUT2D eigenvalue weighted by Crippen LogP contribution is -2.52. The van der Waals surface area contributed by atoms with Gasteiger partial charge in [-0.05, 0) is 25.8 Å². The molecule has 1 aromatic heterocycles. The summed E-state index contributed by atoms with van der Waals surface area (Å²) in [6.07, 6.45) is 3.70. The zero-order chi connectivity index (χ0) is 13.9. The molecule has 0 radical (unpaired) electrons. The summed E-state index contributed by atoms with van der Waals surface area (Å²) in [6.45, 7) is 6.20. The number of carbonyl (C=O) groups excluding carboxylic acids is 1. The predicted octanol–water partition coefficient (Wildman–Crippen LogP) is 0.186. The summed E-state index contributed by atoms with van der Waals surface area (Å²) in [4.78, 5) is 25.5. The molecule has 6 nitrogen and oxygen atoms in total. The van der Waals surface area contributed by atoms with Crippen molar-refractivity contribution in [3.8, 4) is 0 Å². The Hall–Kier alpha value is -1.69. The van der Waals surface area contributed by atoms with Crippen LogP contribution in [0.1, 0.15) is 18.5 Å². The number of anilines is 1. The normalized spacial score (nSPS) is 23.1. The monoisotopic (exact) mass is 275 g/mol. The van der Waals surface area contributed by atoms with Crippen LogP contribution >= 0.6 is 0 Å². The first kappa shape index (κ1) is 13.3. The van der Waals surface area contributed by atoms with Gasteiger partial charge in [0.15, 0.2) is 0 Å². The highest BCUT2D eigenvalue weighted by Gasteiger charge is 2.35. The van der Waals surface area contributed by atoms with E-state index >= 15 is 0 Å². The molecular formula is C14H21N5O. The summed E-state index contributed by atoms with van der Waals surface area (Å²) in [5, 5.41) is 3.28. The molecule has 1 unspecified atom stereocenters. The van der Waals surface area contributed by atoms with Crippen LogP contribution in [0.2, 0.25) is 0 Å². The van der Waals surface area contributed by atoms with Gasteiger partial charge in [0.2, 0.25) is 11.9 Å². The van der Waals surface area contributed by atoms with Crippen molar-refractivity contribution in [2.75, 3.05) is 37.6 Å². The average molecular weight is 275 g/mol. The highest BCUT2D eigenvalue weighted by atomic mass is 16.2. The molecule has 0 aliphatic carbocycles. The molecule has 0 spiro atoms. The Bertz CT molecular complexity index is 486. The van der Waals surface area contributed by atoms with Crippen molar-refractivity contribution in [1.82, 2.24) is 20.2 Å². The Morgan fingerprint density at radius 1 is 1.35 bits per heavy atom. The quantitative estimate of drug-likeness (QED) is 0.834. The van der Waals surface area contributed by atoms with Crippen LogP contribution < -0.4 is 10.2 Å². The fraction of sp³-hybridized carbons (Fsp3) is 0.643. The largest absolute Gasteiger partial charge is 0.338 e. The summed E-state index contributed by atoms with van der Waals surface area (Å²) in [7, 11) is 0. The standard InChI is InChI=1S/C14H21N5O/c1-11-4-5-16-14(17-11)19-8-2-3-12(19)13(20)18-9-6-15-7-10-18/h4-5,12,15H,2-3,6-10H2,1H3. The third-order valence-corrected chi connectivity index (χ3v) is 4.01. The van der Waals surface area contributed by atoms with Gasteiger partial charge in [0.05, 0.1) is 0 Å². The van der Waals surface area contributed by atoms with E-state index in [4.69, 9.17) is 0 Å². The van der Waals surface area contributed by atoms with E-state index in [1.54, 1.807) is 6.20 Å². The zero-order valence-corrected chi connectivity index (χ0v) is 11.9. The first-order valence-corrected chi connectivity index (χ1v) is 7.31. The Labute approximate surface area is 119 Å². The molecule has 1 atom stereocenters. The Balaban J connectivity index is 1.76. The molecule has 20 heavy (non-hydrogen) atoms. The van der Waals surface area contributed by atoms with Crippen LogP contribution in [-0.4, -0.2) is 59.5 Å². The molecule has 0 bridgehead atoms. The van der Waals surface area contributed by atoms with Crippen LogP contribution in [0.5, 0.6) is 0 Å². The van der Waals surface area contributed by atoms with Crippen LogP contribution in [-0.2, 0) is 4.79 Å². The van der Waals surface area contributed by atoms with Crippen LogP contribution in [0.4, 0.5) is 5.95 Å². The van der Waals surface area contributed by atoms with Crippen LogP contribution in [0, 0.1) is 6.92 Å². The van der Waals surface area contributed by atoms with Gasteiger partial charge in [-0.3, -0.25) is 4.79 Å². The minimum atomic E-state index is -0.0881. The maximum atomic E-state index is 12.7. The number of nitrogens with zero attached hydrogens (tertiary/aromatic N) is 4. The van der Waals surface area contributed by atoms with Crippen LogP contribution in [0.3, 0.4) is 0 Å². The molecular weight excluding hydrogens is 254 g/mol. The summed E-state index contributed by atoms with van der Waals surface area (Å²) < 4.78 is 0. The van der Waals surface area contributed by atoms with Crippen molar-refractivity contribution in [3.05, 3.63) is 18.0 Å². The highest BCUT2D eigenvalue weighted by molar-refractivity contribution is 5.85. The van der Waals surface area contributed by atoms with E-state index in [1.807, 2.05) is 17.9 Å². The zero-order valence-electron chi connectivity index (χ0n) is 11.9. The first-order chi connectivity index (χ1) is 9.75. The lowest BCUT2D eigenvalue weighted by Gasteiger charge is -2.32. The van der Waals surface area contributed by atoms with E-state index in [-0.39, 0.29) is 11.9 Å². The Morgan fingerprint density at radius 2 is 2.15 bits per heavy atom. The molecule has 2 saturated heterocycles. The topological polar surface area (TPSA) is 61.4 Å². The van der Waals surface area contributed by atoms with Crippen molar-refractivity contribution >= 4 is 11.9 Å². The van der Waals surface area contributed by atoms with Gasteiger partial charge in [-0.25, -0.2) is 9.97 Å². The van der Waals surface area contributed by atoms with Crippen molar-refractivity contribution in [2.24, 2.45) is 0 Å². The number of piperazine rings is 1. The summed E-state index contributed by atoms with van der Waals surface area (Å²) in [5.41, 5.74) is 0.940. The van der Waals surface area contributed by atoms with Crippen LogP contribution in [0.15, 0.2) is 12.3 Å². The number of carbonyl (C=O) groups is 1. The fourth-order valence-electron chi connectivity index (χ4n) is 2.93. The smallest absolute Gasteiger partial charge is 0.245 e. The summed E-state index contributed by atoms with van der Waals surface area (Å²) in [5.74, 6) is 0.921. The fourth-order valence-corrected chi connectivity index (χ4v) is 2.93. The van der Waals surface area contributed by atoms with Crippen molar-refractivity contribution in [2.45, 2.75) is 25.8 Å². The van der Waals surface area contributed by atoms with E-state index in [0.717, 1.165) is 51.3 Å². The summed E-state index contributed by atoms with van der Waals surface area (Å²) >= 11 is 0. The lowest BCUT2D eigenvalue weighted by atomic mass is 10.2. The third-order valence-electron chi connectivity index (χ3n) is 4.01. The number of aromatic nitrogens is 2. The molecule has 1 aromatic rings. The molecule has 3 heterocycles. The second-order valence-corrected chi connectivity index (χ2v) is 5.42. The van der Waals surface area contributed by atoms with Gasteiger partial charge in [-0.15, -0.1) is 0 Å². The van der Waals surface area contributed by atoms with Gasteiger partial charge in [0.25, 0.3) is 0 Å². The van der Waals surface area contributed by atoms with Crippen molar-refractivity contribution in [3.63, 3.8) is 0 Å².